The Hall–Kier alpha value is -3.90. The Bertz CT molecular complexity index is 1420. The van der Waals surface area contributed by atoms with Crippen LogP contribution in [0.25, 0.3) is 22.4 Å². The number of alkyl halides is 3. The molecule has 0 aliphatic rings. The Labute approximate surface area is 162 Å². The lowest BCUT2D eigenvalue weighted by Crippen LogP contribution is -2.37. The molecule has 154 valence electrons. The second kappa shape index (κ2) is 6.57. The Morgan fingerprint density at radius 1 is 1.03 bits per heavy atom. The van der Waals surface area contributed by atoms with Crippen LogP contribution in [-0.4, -0.2) is 29.5 Å². The van der Waals surface area contributed by atoms with E-state index in [-0.39, 0.29) is 22.4 Å². The molecule has 30 heavy (non-hydrogen) atoms. The van der Waals surface area contributed by atoms with Crippen LogP contribution in [0.4, 0.5) is 22.0 Å². The maximum atomic E-state index is 13.7. The van der Waals surface area contributed by atoms with Gasteiger partial charge in [-0.1, -0.05) is 5.21 Å². The van der Waals surface area contributed by atoms with Crippen LogP contribution < -0.4 is 11.2 Å². The van der Waals surface area contributed by atoms with E-state index < -0.39 is 40.3 Å². The molecule has 0 aliphatic heterocycles. The lowest BCUT2D eigenvalue weighted by atomic mass is 10.2. The molecular formula is C17H9F5N6O2. The second-order valence-electron chi connectivity index (χ2n) is 6.23. The minimum absolute atomic E-state index is 0.0160. The molecule has 8 nitrogen and oxygen atoms in total. The van der Waals surface area contributed by atoms with Gasteiger partial charge in [0.15, 0.2) is 17.3 Å². The number of hydrogen-bond acceptors (Lipinski definition) is 5. The van der Waals surface area contributed by atoms with E-state index in [4.69, 9.17) is 0 Å². The summed E-state index contributed by atoms with van der Waals surface area (Å²) in [6, 6.07) is 2.10. The first-order valence-electron chi connectivity index (χ1n) is 8.17. The molecule has 13 heteroatoms. The van der Waals surface area contributed by atoms with E-state index in [1.54, 1.807) is 0 Å². The van der Waals surface area contributed by atoms with Crippen molar-refractivity contribution in [1.82, 2.24) is 29.5 Å². The Morgan fingerprint density at radius 3 is 2.43 bits per heavy atom. The van der Waals surface area contributed by atoms with Crippen LogP contribution in [0.5, 0.6) is 0 Å². The van der Waals surface area contributed by atoms with Gasteiger partial charge in [-0.25, -0.2) is 22.8 Å². The highest BCUT2D eigenvalue weighted by molar-refractivity contribution is 5.76. The number of pyridine rings is 1. The summed E-state index contributed by atoms with van der Waals surface area (Å²) < 4.78 is 67.4. The molecule has 4 rings (SSSR count). The van der Waals surface area contributed by atoms with E-state index in [1.807, 2.05) is 0 Å². The monoisotopic (exact) mass is 424 g/mol. The van der Waals surface area contributed by atoms with Crippen molar-refractivity contribution in [2.45, 2.75) is 13.1 Å². The maximum absolute atomic E-state index is 13.7. The number of nitrogens with one attached hydrogen (secondary N) is 1. The van der Waals surface area contributed by atoms with E-state index in [0.717, 1.165) is 23.0 Å². The molecule has 1 N–H and O–H groups in total. The van der Waals surface area contributed by atoms with Gasteiger partial charge in [-0.05, 0) is 13.0 Å². The Kier molecular flexibility index (Phi) is 4.25. The molecule has 0 spiro atoms. The summed E-state index contributed by atoms with van der Waals surface area (Å²) in [5.74, 6) is -2.41. The number of aromatic nitrogens is 6. The van der Waals surface area contributed by atoms with Crippen LogP contribution in [-0.2, 0) is 6.18 Å². The SMILES string of the molecule is Cc1[nH]c(=O)n(-c2cncc(C(F)(F)F)c2)c(=O)c1-n1nnc2cc(F)c(F)cc21. The average molecular weight is 424 g/mol. The van der Waals surface area contributed by atoms with E-state index in [1.165, 1.54) is 6.92 Å². The number of fused-ring (bicyclic) bond motifs is 1. The number of aryl methyl sites for hydroxylation is 1. The number of benzene rings is 1. The third-order valence-electron chi connectivity index (χ3n) is 4.27. The Balaban J connectivity index is 2.01. The van der Waals surface area contributed by atoms with Gasteiger partial charge in [0.2, 0.25) is 0 Å². The maximum Gasteiger partial charge on any atom is 0.417 e. The molecule has 0 saturated heterocycles. The molecule has 1 aromatic carbocycles. The average Bonchev–Trinajstić information content (AvgIpc) is 3.04. The predicted molar refractivity (Wildman–Crippen MR) is 92.5 cm³/mol. The molecule has 0 bridgehead atoms. The minimum atomic E-state index is -4.75. The zero-order valence-corrected chi connectivity index (χ0v) is 14.8. The van der Waals surface area contributed by atoms with Gasteiger partial charge in [-0.15, -0.1) is 5.10 Å². The zero-order valence-electron chi connectivity index (χ0n) is 14.8. The number of H-pyrrole nitrogens is 1. The highest BCUT2D eigenvalue weighted by atomic mass is 19.4. The fraction of sp³-hybridized carbons (Fsp3) is 0.118. The van der Waals surface area contributed by atoms with Gasteiger partial charge in [-0.2, -0.15) is 13.2 Å². The largest absolute Gasteiger partial charge is 0.417 e. The fourth-order valence-corrected chi connectivity index (χ4v) is 2.90. The summed E-state index contributed by atoms with van der Waals surface area (Å²) >= 11 is 0. The molecule has 0 atom stereocenters. The van der Waals surface area contributed by atoms with Gasteiger partial charge in [0.1, 0.15) is 5.52 Å². The highest BCUT2D eigenvalue weighted by Gasteiger charge is 2.31. The number of nitrogens with zero attached hydrogens (tertiary/aromatic N) is 5. The molecule has 3 heterocycles. The summed E-state index contributed by atoms with van der Waals surface area (Å²) in [7, 11) is 0. The van der Waals surface area contributed by atoms with Crippen LogP contribution in [0.3, 0.4) is 0 Å². The van der Waals surface area contributed by atoms with Gasteiger partial charge in [0.25, 0.3) is 5.56 Å². The van der Waals surface area contributed by atoms with Crippen LogP contribution in [0.15, 0.2) is 40.2 Å². The third kappa shape index (κ3) is 3.03. The molecular weight excluding hydrogens is 415 g/mol. The minimum Gasteiger partial charge on any atom is -0.309 e. The smallest absolute Gasteiger partial charge is 0.309 e. The lowest BCUT2D eigenvalue weighted by Gasteiger charge is -2.12. The number of aromatic amines is 1. The summed E-state index contributed by atoms with van der Waals surface area (Å²) in [5, 5.41) is 7.35. The highest BCUT2D eigenvalue weighted by Crippen LogP contribution is 2.29. The number of halogens is 5. The summed E-state index contributed by atoms with van der Waals surface area (Å²) in [6.07, 6.45) is -3.31. The summed E-state index contributed by atoms with van der Waals surface area (Å²) in [6.45, 7) is 1.33. The molecule has 0 amide bonds. The summed E-state index contributed by atoms with van der Waals surface area (Å²) in [5.41, 5.74) is -4.20. The van der Waals surface area contributed by atoms with Crippen molar-refractivity contribution in [2.24, 2.45) is 0 Å². The van der Waals surface area contributed by atoms with Crippen molar-refractivity contribution in [3.05, 3.63) is 74.3 Å². The standard InChI is InChI=1S/C17H9F5N6O2/c1-7-14(28-13-4-11(19)10(18)3-12(13)25-26-28)15(29)27(16(30)24-7)9-2-8(5-23-6-9)17(20,21)22/h2-6H,1H3,(H,24,30). The zero-order chi connectivity index (χ0) is 21.8. The topological polar surface area (TPSA) is 98.5 Å². The Morgan fingerprint density at radius 2 is 1.73 bits per heavy atom. The van der Waals surface area contributed by atoms with Crippen LogP contribution >= 0.6 is 0 Å². The van der Waals surface area contributed by atoms with Gasteiger partial charge in [0, 0.05) is 24.0 Å². The van der Waals surface area contributed by atoms with Crippen molar-refractivity contribution in [3.8, 4) is 11.4 Å². The van der Waals surface area contributed by atoms with Crippen molar-refractivity contribution >= 4 is 11.0 Å². The molecule has 0 unspecified atom stereocenters. The van der Waals surface area contributed by atoms with Gasteiger partial charge >= 0.3 is 11.9 Å². The molecule has 3 aromatic heterocycles. The lowest BCUT2D eigenvalue weighted by molar-refractivity contribution is -0.137. The normalized spacial score (nSPS) is 11.9. The van der Waals surface area contributed by atoms with E-state index in [0.29, 0.717) is 16.8 Å². The molecule has 0 aliphatic carbocycles. The van der Waals surface area contributed by atoms with E-state index in [2.05, 4.69) is 20.3 Å². The first-order chi connectivity index (χ1) is 14.1. The van der Waals surface area contributed by atoms with Crippen LogP contribution in [0.2, 0.25) is 0 Å². The van der Waals surface area contributed by atoms with E-state index in [9.17, 15) is 31.5 Å². The number of rotatable bonds is 2. The quantitative estimate of drug-likeness (QED) is 0.498. The van der Waals surface area contributed by atoms with E-state index >= 15 is 0 Å². The van der Waals surface area contributed by atoms with Crippen molar-refractivity contribution < 1.29 is 22.0 Å². The second-order valence-corrected chi connectivity index (χ2v) is 6.23. The van der Waals surface area contributed by atoms with Gasteiger partial charge in [-0.3, -0.25) is 9.78 Å². The predicted octanol–water partition coefficient (Wildman–Crippen LogP) is 2.26. The van der Waals surface area contributed by atoms with Gasteiger partial charge in [0.05, 0.1) is 23.0 Å². The third-order valence-corrected chi connectivity index (χ3v) is 4.27. The first kappa shape index (κ1) is 19.4. The first-order valence-corrected chi connectivity index (χ1v) is 8.17. The molecule has 0 radical (unpaired) electrons. The van der Waals surface area contributed by atoms with Crippen molar-refractivity contribution in [1.29, 1.82) is 0 Å². The number of hydrogen-bond donors (Lipinski definition) is 1. The fourth-order valence-electron chi connectivity index (χ4n) is 2.90. The van der Waals surface area contributed by atoms with Gasteiger partial charge < -0.3 is 4.98 Å². The van der Waals surface area contributed by atoms with Crippen molar-refractivity contribution in [2.75, 3.05) is 0 Å². The summed E-state index contributed by atoms with van der Waals surface area (Å²) in [4.78, 5) is 31.2. The molecule has 0 saturated carbocycles. The van der Waals surface area contributed by atoms with Crippen LogP contribution in [0.1, 0.15) is 11.3 Å². The van der Waals surface area contributed by atoms with Crippen molar-refractivity contribution in [3.63, 3.8) is 0 Å². The van der Waals surface area contributed by atoms with Crippen LogP contribution in [0, 0.1) is 18.6 Å². The molecule has 4 aromatic rings. The molecule has 0 fully saturated rings.